The van der Waals surface area contributed by atoms with Gasteiger partial charge in [-0.2, -0.15) is 5.10 Å². The lowest BCUT2D eigenvalue weighted by atomic mass is 10.0. The van der Waals surface area contributed by atoms with E-state index in [1.165, 1.54) is 5.56 Å². The van der Waals surface area contributed by atoms with Gasteiger partial charge >= 0.3 is 0 Å². The number of hydrogen-bond donors (Lipinski definition) is 0. The van der Waals surface area contributed by atoms with E-state index in [1.807, 2.05) is 22.7 Å². The molecule has 5 nitrogen and oxygen atoms in total. The summed E-state index contributed by atoms with van der Waals surface area (Å²) < 4.78 is 7.58. The maximum atomic E-state index is 12.4. The molecule has 5 heteroatoms. The Morgan fingerprint density at radius 3 is 3.05 bits per heavy atom. The number of piperidine rings is 1. The molecule has 110 valence electrons. The highest BCUT2D eigenvalue weighted by atomic mass is 16.5. The van der Waals surface area contributed by atoms with Crippen LogP contribution in [-0.2, 0) is 9.53 Å². The second-order valence-electron chi connectivity index (χ2n) is 5.97. The van der Waals surface area contributed by atoms with Gasteiger partial charge in [0.15, 0.2) is 0 Å². The molecule has 0 aromatic carbocycles. The number of ether oxygens (including phenoxy) is 1. The summed E-state index contributed by atoms with van der Waals surface area (Å²) >= 11 is 0. The van der Waals surface area contributed by atoms with Crippen LogP contribution in [0.5, 0.6) is 0 Å². The van der Waals surface area contributed by atoms with Gasteiger partial charge in [0.05, 0.1) is 24.8 Å². The summed E-state index contributed by atoms with van der Waals surface area (Å²) in [6.07, 6.45) is 8.92. The summed E-state index contributed by atoms with van der Waals surface area (Å²) in [5, 5.41) is 4.39. The average molecular weight is 277 g/mol. The van der Waals surface area contributed by atoms with Gasteiger partial charge in [-0.1, -0.05) is 0 Å². The number of rotatable bonds is 3. The predicted molar refractivity (Wildman–Crippen MR) is 75.4 cm³/mol. The van der Waals surface area contributed by atoms with Gasteiger partial charge in [0, 0.05) is 25.9 Å². The number of aryl methyl sites for hydroxylation is 1. The second-order valence-corrected chi connectivity index (χ2v) is 5.97. The highest BCUT2D eigenvalue weighted by Gasteiger charge is 2.27. The number of likely N-dealkylation sites (tertiary alicyclic amines) is 1. The zero-order valence-corrected chi connectivity index (χ0v) is 12.1. The fourth-order valence-corrected chi connectivity index (χ4v) is 3.16. The third-order valence-corrected chi connectivity index (χ3v) is 4.28. The first-order valence-electron chi connectivity index (χ1n) is 7.62. The van der Waals surface area contributed by atoms with Crippen molar-refractivity contribution in [1.82, 2.24) is 14.7 Å². The van der Waals surface area contributed by atoms with Crippen LogP contribution in [0.2, 0.25) is 0 Å². The Kier molecular flexibility index (Phi) is 4.05. The van der Waals surface area contributed by atoms with Gasteiger partial charge in [-0.3, -0.25) is 9.48 Å². The van der Waals surface area contributed by atoms with Crippen LogP contribution in [0.1, 0.15) is 43.7 Å². The maximum Gasteiger partial charge on any atom is 0.225 e. The van der Waals surface area contributed by atoms with E-state index in [9.17, 15) is 4.79 Å². The highest BCUT2D eigenvalue weighted by molar-refractivity contribution is 5.76. The molecule has 3 rings (SSSR count). The summed E-state index contributed by atoms with van der Waals surface area (Å²) in [4.78, 5) is 14.3. The zero-order valence-electron chi connectivity index (χ0n) is 12.1. The molecule has 2 aliphatic heterocycles. The van der Waals surface area contributed by atoms with Crippen LogP contribution < -0.4 is 0 Å². The standard InChI is InChI=1S/C15H23N3O2/c1-12-9-16-18(10-12)13-4-2-6-17(11-13)15(19)8-14-5-3-7-20-14/h9-10,13-14H,2-8,11H2,1H3. The summed E-state index contributed by atoms with van der Waals surface area (Å²) in [7, 11) is 0. The minimum Gasteiger partial charge on any atom is -0.378 e. The summed E-state index contributed by atoms with van der Waals surface area (Å²) in [6.45, 7) is 4.52. The Morgan fingerprint density at radius 1 is 1.45 bits per heavy atom. The molecule has 1 amide bonds. The Balaban J connectivity index is 1.58. The number of hydrogen-bond acceptors (Lipinski definition) is 3. The van der Waals surface area contributed by atoms with E-state index in [0.717, 1.165) is 45.4 Å². The van der Waals surface area contributed by atoms with E-state index in [2.05, 4.69) is 11.3 Å². The first-order chi connectivity index (χ1) is 9.72. The Labute approximate surface area is 119 Å². The van der Waals surface area contributed by atoms with E-state index < -0.39 is 0 Å². The van der Waals surface area contributed by atoms with Crippen molar-refractivity contribution in [2.45, 2.75) is 51.2 Å². The van der Waals surface area contributed by atoms with Crippen molar-refractivity contribution in [1.29, 1.82) is 0 Å². The molecule has 2 saturated heterocycles. The van der Waals surface area contributed by atoms with Gasteiger partial charge < -0.3 is 9.64 Å². The Bertz CT molecular complexity index is 465. The molecule has 0 spiro atoms. The van der Waals surface area contributed by atoms with Gasteiger partial charge in [-0.15, -0.1) is 0 Å². The monoisotopic (exact) mass is 277 g/mol. The molecule has 2 unspecified atom stereocenters. The van der Waals surface area contributed by atoms with Crippen molar-refractivity contribution in [2.24, 2.45) is 0 Å². The second kappa shape index (κ2) is 5.95. The van der Waals surface area contributed by atoms with E-state index in [-0.39, 0.29) is 12.0 Å². The molecule has 1 aromatic rings. The molecule has 2 atom stereocenters. The average Bonchev–Trinajstić information content (AvgIpc) is 3.10. The molecule has 0 saturated carbocycles. The smallest absolute Gasteiger partial charge is 0.225 e. The zero-order chi connectivity index (χ0) is 13.9. The third kappa shape index (κ3) is 3.03. The maximum absolute atomic E-state index is 12.4. The Morgan fingerprint density at radius 2 is 2.35 bits per heavy atom. The topological polar surface area (TPSA) is 47.4 Å². The Hall–Kier alpha value is -1.36. The number of carbonyl (C=O) groups excluding carboxylic acids is 1. The van der Waals surface area contributed by atoms with Crippen molar-refractivity contribution >= 4 is 5.91 Å². The van der Waals surface area contributed by atoms with Crippen LogP contribution in [0.4, 0.5) is 0 Å². The number of carbonyl (C=O) groups is 1. The van der Waals surface area contributed by atoms with Crippen molar-refractivity contribution in [3.8, 4) is 0 Å². The molecule has 1 aromatic heterocycles. The first-order valence-corrected chi connectivity index (χ1v) is 7.62. The highest BCUT2D eigenvalue weighted by Crippen LogP contribution is 2.23. The third-order valence-electron chi connectivity index (χ3n) is 4.28. The largest absolute Gasteiger partial charge is 0.378 e. The van der Waals surface area contributed by atoms with E-state index >= 15 is 0 Å². The van der Waals surface area contributed by atoms with Gasteiger partial charge in [0.2, 0.25) is 5.91 Å². The number of aromatic nitrogens is 2. The van der Waals surface area contributed by atoms with Crippen LogP contribution in [0, 0.1) is 6.92 Å². The van der Waals surface area contributed by atoms with Crippen LogP contribution >= 0.6 is 0 Å². The molecule has 3 heterocycles. The minimum atomic E-state index is 0.148. The van der Waals surface area contributed by atoms with Crippen molar-refractivity contribution in [2.75, 3.05) is 19.7 Å². The fourth-order valence-electron chi connectivity index (χ4n) is 3.16. The van der Waals surface area contributed by atoms with Gasteiger partial charge in [0.25, 0.3) is 0 Å². The van der Waals surface area contributed by atoms with Crippen LogP contribution in [0.25, 0.3) is 0 Å². The predicted octanol–water partition coefficient (Wildman–Crippen LogP) is 1.92. The minimum absolute atomic E-state index is 0.148. The number of amides is 1. The van der Waals surface area contributed by atoms with E-state index in [4.69, 9.17) is 4.74 Å². The molecule has 2 aliphatic rings. The normalized spacial score (nSPS) is 26.9. The summed E-state index contributed by atoms with van der Waals surface area (Å²) in [5.41, 5.74) is 1.17. The molecular weight excluding hydrogens is 254 g/mol. The van der Waals surface area contributed by atoms with Crippen molar-refractivity contribution in [3.63, 3.8) is 0 Å². The van der Waals surface area contributed by atoms with Crippen LogP contribution in [-0.4, -0.2) is 46.4 Å². The molecule has 0 radical (unpaired) electrons. The summed E-state index contributed by atoms with van der Waals surface area (Å²) in [5.74, 6) is 0.241. The van der Waals surface area contributed by atoms with Crippen molar-refractivity contribution in [3.05, 3.63) is 18.0 Å². The molecule has 0 aliphatic carbocycles. The van der Waals surface area contributed by atoms with Gasteiger partial charge in [-0.25, -0.2) is 0 Å². The fraction of sp³-hybridized carbons (Fsp3) is 0.733. The lowest BCUT2D eigenvalue weighted by molar-refractivity contribution is -0.135. The molecular formula is C15H23N3O2. The van der Waals surface area contributed by atoms with Crippen LogP contribution in [0.3, 0.4) is 0 Å². The molecule has 0 N–H and O–H groups in total. The SMILES string of the molecule is Cc1cnn(C2CCCN(C(=O)CC3CCCO3)C2)c1. The quantitative estimate of drug-likeness (QED) is 0.848. The lowest BCUT2D eigenvalue weighted by Gasteiger charge is -2.33. The molecule has 2 fully saturated rings. The molecule has 20 heavy (non-hydrogen) atoms. The number of nitrogens with zero attached hydrogens (tertiary/aromatic N) is 3. The lowest BCUT2D eigenvalue weighted by Crippen LogP contribution is -2.41. The van der Waals surface area contributed by atoms with Crippen molar-refractivity contribution < 1.29 is 9.53 Å². The van der Waals surface area contributed by atoms with E-state index in [1.54, 1.807) is 0 Å². The molecule has 0 bridgehead atoms. The summed E-state index contributed by atoms with van der Waals surface area (Å²) in [6, 6.07) is 0.325. The first kappa shape index (κ1) is 13.6. The van der Waals surface area contributed by atoms with E-state index in [0.29, 0.717) is 12.5 Å². The van der Waals surface area contributed by atoms with Crippen LogP contribution in [0.15, 0.2) is 12.4 Å². The van der Waals surface area contributed by atoms with Gasteiger partial charge in [0.1, 0.15) is 0 Å². The van der Waals surface area contributed by atoms with Gasteiger partial charge in [-0.05, 0) is 38.2 Å².